The number of thiazole rings is 1. The number of carbonyl (C=O) groups excluding carboxylic acids is 2. The monoisotopic (exact) mass is 618 g/mol. The first-order chi connectivity index (χ1) is 20.0. The summed E-state index contributed by atoms with van der Waals surface area (Å²) in [5.74, 6) is -2.39. The van der Waals surface area contributed by atoms with Crippen LogP contribution in [0.3, 0.4) is 0 Å². The summed E-state index contributed by atoms with van der Waals surface area (Å²) in [6, 6.07) is 5.55. The summed E-state index contributed by atoms with van der Waals surface area (Å²) in [5.41, 5.74) is 7.42. The molecular weight excluding hydrogens is 588 g/mol. The molecule has 0 radical (unpaired) electrons. The molecule has 2 amide bonds. The molecule has 0 aliphatic carbocycles. The van der Waals surface area contributed by atoms with Crippen LogP contribution < -0.4 is 16.4 Å². The molecule has 1 aromatic carbocycles. The van der Waals surface area contributed by atoms with Crippen molar-refractivity contribution >= 4 is 55.9 Å². The van der Waals surface area contributed by atoms with Crippen molar-refractivity contribution in [3.63, 3.8) is 0 Å². The number of aliphatic carboxylic acids is 1. The molecule has 17 heteroatoms. The second kappa shape index (κ2) is 11.7. The van der Waals surface area contributed by atoms with E-state index in [0.717, 1.165) is 10.6 Å². The van der Waals surface area contributed by atoms with Crippen molar-refractivity contribution in [3.05, 3.63) is 45.4 Å². The molecule has 2 aliphatic heterocycles. The number of carboxylic acid groups (broad SMARTS) is 1. The minimum Gasteiger partial charge on any atom is -0.480 e. The van der Waals surface area contributed by atoms with Gasteiger partial charge in [0.05, 0.1) is 11.7 Å². The second-order valence-electron chi connectivity index (χ2n) is 10.2. The van der Waals surface area contributed by atoms with E-state index in [1.54, 1.807) is 18.2 Å². The lowest BCUT2D eigenvalue weighted by Crippen LogP contribution is -2.57. The first-order valence-electron chi connectivity index (χ1n) is 13.1. The number of amidine groups is 1. The highest BCUT2D eigenvalue weighted by Gasteiger charge is 2.39. The topological polar surface area (TPSA) is 223 Å². The molecule has 2 aromatic heterocycles. The van der Waals surface area contributed by atoms with Crippen molar-refractivity contribution in [1.29, 1.82) is 0 Å². The van der Waals surface area contributed by atoms with Gasteiger partial charge >= 0.3 is 5.97 Å². The maximum absolute atomic E-state index is 13.7. The summed E-state index contributed by atoms with van der Waals surface area (Å²) in [5, 5.41) is 27.2. The third kappa shape index (κ3) is 5.94. The molecule has 0 spiro atoms. The van der Waals surface area contributed by atoms with Crippen LogP contribution in [0.2, 0.25) is 0 Å². The van der Waals surface area contributed by atoms with Gasteiger partial charge in [-0.05, 0) is 31.2 Å². The molecule has 2 aliphatic rings. The number of nitrogens with zero attached hydrogens (tertiary/aromatic N) is 4. The number of aromatic nitrogens is 2. The maximum atomic E-state index is 13.7. The zero-order chi connectivity index (χ0) is 30.2. The number of hydrogen-bond acceptors (Lipinski definition) is 10. The summed E-state index contributed by atoms with van der Waals surface area (Å²) in [6.07, 6.45) is 0.377. The number of oxime groups is 1. The van der Waals surface area contributed by atoms with Gasteiger partial charge in [-0.2, -0.15) is 4.31 Å². The van der Waals surface area contributed by atoms with Gasteiger partial charge in [0.1, 0.15) is 11.6 Å². The van der Waals surface area contributed by atoms with E-state index >= 15 is 0 Å². The highest BCUT2D eigenvalue weighted by molar-refractivity contribution is 7.89. The summed E-state index contributed by atoms with van der Waals surface area (Å²) in [6.45, 7) is 1.80. The van der Waals surface area contributed by atoms with Gasteiger partial charge in [-0.1, -0.05) is 5.16 Å². The zero-order valence-electron chi connectivity index (χ0n) is 22.5. The van der Waals surface area contributed by atoms with Gasteiger partial charge in [-0.15, -0.1) is 11.3 Å². The Bertz CT molecular complexity index is 1680. The number of H-pyrrole nitrogens is 1. The van der Waals surface area contributed by atoms with Gasteiger partial charge in [-0.3, -0.25) is 14.4 Å². The van der Waals surface area contributed by atoms with Gasteiger partial charge < -0.3 is 36.6 Å². The third-order valence-corrected chi connectivity index (χ3v) is 10.1. The van der Waals surface area contributed by atoms with Gasteiger partial charge in [-0.25, -0.2) is 13.4 Å². The largest absolute Gasteiger partial charge is 0.480 e. The van der Waals surface area contributed by atoms with Crippen LogP contribution in [-0.4, -0.2) is 99.8 Å². The van der Waals surface area contributed by atoms with E-state index in [1.165, 1.54) is 26.6 Å². The number of benzene rings is 1. The van der Waals surface area contributed by atoms with Crippen LogP contribution in [0.15, 0.2) is 34.4 Å². The molecule has 15 nitrogen and oxygen atoms in total. The van der Waals surface area contributed by atoms with Crippen molar-refractivity contribution in [2.75, 3.05) is 26.2 Å². The average molecular weight is 619 g/mol. The first kappa shape index (κ1) is 29.4. The van der Waals surface area contributed by atoms with E-state index < -0.39 is 40.4 Å². The standard InChI is InChI=1S/C25H30N8O7S2/c1-13-6-18-19(10-27-13)41-24(30-18)25(37)33-5-4-32(12-16(33)9-20(34)28-11-22(35)36)42(39,40)21-8-15-7-14(23(26)31-38)2-3-17(15)29-21/h2-3,7-8,13,16,27,29,38H,4-6,9-12H2,1H3,(H2,26,31)(H,28,34)(H,35,36). The van der Waals surface area contributed by atoms with Gasteiger partial charge in [0.15, 0.2) is 10.8 Å². The van der Waals surface area contributed by atoms with Gasteiger partial charge in [0.2, 0.25) is 5.91 Å². The quantitative estimate of drug-likeness (QED) is 0.0848. The number of sulfonamides is 1. The van der Waals surface area contributed by atoms with E-state index in [4.69, 9.17) is 16.0 Å². The Morgan fingerprint density at radius 1 is 1.26 bits per heavy atom. The predicted octanol–water partition coefficient (Wildman–Crippen LogP) is -0.141. The number of carboxylic acids is 1. The van der Waals surface area contributed by atoms with Gasteiger partial charge in [0, 0.05) is 66.4 Å². The highest BCUT2D eigenvalue weighted by atomic mass is 32.2. The molecule has 5 rings (SSSR count). The highest BCUT2D eigenvalue weighted by Crippen LogP contribution is 2.28. The summed E-state index contributed by atoms with van der Waals surface area (Å²) in [7, 11) is -4.10. The summed E-state index contributed by atoms with van der Waals surface area (Å²) < 4.78 is 28.6. The van der Waals surface area contributed by atoms with Crippen molar-refractivity contribution in [1.82, 2.24) is 29.8 Å². The zero-order valence-corrected chi connectivity index (χ0v) is 24.2. The molecule has 1 saturated heterocycles. The van der Waals surface area contributed by atoms with Crippen molar-refractivity contribution < 1.29 is 33.1 Å². The number of rotatable bonds is 8. The lowest BCUT2D eigenvalue weighted by atomic mass is 10.1. The molecule has 224 valence electrons. The minimum absolute atomic E-state index is 0.00170. The van der Waals surface area contributed by atoms with Gasteiger partial charge in [0.25, 0.3) is 15.9 Å². The van der Waals surface area contributed by atoms with Crippen LogP contribution in [-0.2, 0) is 32.6 Å². The molecule has 0 saturated carbocycles. The summed E-state index contributed by atoms with van der Waals surface area (Å²) >= 11 is 1.27. The fourth-order valence-electron chi connectivity index (χ4n) is 5.07. The Hall–Kier alpha value is -4.06. The van der Waals surface area contributed by atoms with Crippen LogP contribution in [0.1, 0.15) is 39.3 Å². The average Bonchev–Trinajstić information content (AvgIpc) is 3.59. The van der Waals surface area contributed by atoms with Crippen molar-refractivity contribution in [3.8, 4) is 0 Å². The van der Waals surface area contributed by atoms with E-state index in [2.05, 4.69) is 25.8 Å². The molecule has 42 heavy (non-hydrogen) atoms. The van der Waals surface area contributed by atoms with E-state index in [-0.39, 0.29) is 48.0 Å². The molecule has 0 bridgehead atoms. The van der Waals surface area contributed by atoms with Crippen LogP contribution in [0.4, 0.5) is 0 Å². The molecule has 7 N–H and O–H groups in total. The SMILES string of the molecule is CC1Cc2nc(C(=O)N3CCN(S(=O)(=O)c4cc5cc(/C(N)=N\O)ccc5[nH]4)CC3CC(=O)NCC(=O)O)sc2CN1. The molecular formula is C25H30N8O7S2. The Kier molecular flexibility index (Phi) is 8.18. The van der Waals surface area contributed by atoms with E-state index in [1.807, 2.05) is 6.92 Å². The number of fused-ring (bicyclic) bond motifs is 2. The number of amides is 2. The molecule has 2 atom stereocenters. The minimum atomic E-state index is -4.10. The lowest BCUT2D eigenvalue weighted by molar-refractivity contribution is -0.138. The Labute approximate surface area is 244 Å². The number of nitrogens with one attached hydrogen (secondary N) is 3. The Balaban J connectivity index is 1.40. The predicted molar refractivity (Wildman–Crippen MR) is 152 cm³/mol. The van der Waals surface area contributed by atoms with Crippen LogP contribution in [0.5, 0.6) is 0 Å². The maximum Gasteiger partial charge on any atom is 0.322 e. The molecule has 4 heterocycles. The lowest BCUT2D eigenvalue weighted by Gasteiger charge is -2.40. The van der Waals surface area contributed by atoms with E-state index in [9.17, 15) is 22.8 Å². The number of aromatic amines is 1. The summed E-state index contributed by atoms with van der Waals surface area (Å²) in [4.78, 5) is 47.1. The number of nitrogens with two attached hydrogens (primary N) is 1. The Morgan fingerprint density at radius 3 is 2.79 bits per heavy atom. The third-order valence-electron chi connectivity index (χ3n) is 7.25. The van der Waals surface area contributed by atoms with E-state index in [0.29, 0.717) is 29.4 Å². The fraction of sp³-hybridized carbons (Fsp3) is 0.400. The Morgan fingerprint density at radius 2 is 2.05 bits per heavy atom. The van der Waals surface area contributed by atoms with Crippen LogP contribution >= 0.6 is 11.3 Å². The molecule has 3 aromatic rings. The van der Waals surface area contributed by atoms with Crippen molar-refractivity contribution in [2.45, 2.75) is 43.4 Å². The van der Waals surface area contributed by atoms with Crippen LogP contribution in [0.25, 0.3) is 10.9 Å². The van der Waals surface area contributed by atoms with Crippen LogP contribution in [0, 0.1) is 0 Å². The number of hydrogen-bond donors (Lipinski definition) is 6. The normalized spacial score (nSPS) is 19.9. The number of carbonyl (C=O) groups is 3. The fourth-order valence-corrected chi connectivity index (χ4v) is 7.55. The smallest absolute Gasteiger partial charge is 0.322 e. The van der Waals surface area contributed by atoms with Crippen molar-refractivity contribution in [2.24, 2.45) is 10.9 Å². The molecule has 2 unspecified atom stereocenters. The second-order valence-corrected chi connectivity index (χ2v) is 13.2. The number of piperazine rings is 1. The molecule has 1 fully saturated rings. The first-order valence-corrected chi connectivity index (χ1v) is 15.3.